The van der Waals surface area contributed by atoms with Crippen LogP contribution in [0.2, 0.25) is 5.02 Å². The fourth-order valence-corrected chi connectivity index (χ4v) is 9.80. The molecular formula is C45H53ClN10O7. The fraction of sp³-hybridized carbons (Fsp3) is 0.511. The summed E-state index contributed by atoms with van der Waals surface area (Å²) in [6, 6.07) is 9.15. The molecule has 9 rings (SSSR count). The largest absolute Gasteiger partial charge is 0.478 e. The number of benzene rings is 1. The van der Waals surface area contributed by atoms with Crippen molar-refractivity contribution in [3.8, 4) is 5.75 Å². The van der Waals surface area contributed by atoms with Crippen LogP contribution in [0.4, 0.5) is 17.5 Å². The summed E-state index contributed by atoms with van der Waals surface area (Å²) in [5.74, 6) is 0.247. The monoisotopic (exact) mass is 880 g/mol. The van der Waals surface area contributed by atoms with E-state index in [1.54, 1.807) is 21.7 Å². The number of anilines is 3. The van der Waals surface area contributed by atoms with Gasteiger partial charge in [0.1, 0.15) is 16.8 Å². The van der Waals surface area contributed by atoms with Gasteiger partial charge in [-0.15, -0.1) is 0 Å². The second kappa shape index (κ2) is 17.8. The molecule has 1 aromatic carbocycles. The third-order valence-electron chi connectivity index (χ3n) is 13.2. The number of likely N-dealkylation sites (tertiary alicyclic amines) is 1. The molecule has 0 unspecified atom stereocenters. The lowest BCUT2D eigenvalue weighted by molar-refractivity contribution is -0.137. The summed E-state index contributed by atoms with van der Waals surface area (Å²) in [4.78, 5) is 82.5. The number of ether oxygens (including phenoxy) is 2. The Balaban J connectivity index is 0.739. The van der Waals surface area contributed by atoms with Crippen molar-refractivity contribution >= 4 is 63.6 Å². The van der Waals surface area contributed by atoms with Gasteiger partial charge in [0.15, 0.2) is 18.2 Å². The minimum absolute atomic E-state index is 0.0937. The lowest BCUT2D eigenvalue weighted by Gasteiger charge is -2.47. The van der Waals surface area contributed by atoms with Gasteiger partial charge in [-0.3, -0.25) is 34.3 Å². The number of likely N-dealkylation sites (N-methyl/N-ethyl adjacent to an activating group) is 1. The van der Waals surface area contributed by atoms with Crippen molar-refractivity contribution in [2.75, 3.05) is 50.1 Å². The van der Waals surface area contributed by atoms with E-state index >= 15 is 0 Å². The first-order chi connectivity index (χ1) is 30.4. The molecule has 4 amide bonds. The maximum atomic E-state index is 13.2. The van der Waals surface area contributed by atoms with Gasteiger partial charge in [0, 0.05) is 68.0 Å². The fourth-order valence-electron chi connectivity index (χ4n) is 9.66. The zero-order valence-electron chi connectivity index (χ0n) is 35.8. The molecular weight excluding hydrogens is 828 g/mol. The van der Waals surface area contributed by atoms with E-state index < -0.39 is 11.9 Å². The van der Waals surface area contributed by atoms with E-state index in [0.29, 0.717) is 53.1 Å². The average Bonchev–Trinajstić information content (AvgIpc) is 3.59. The molecule has 3 aromatic heterocycles. The van der Waals surface area contributed by atoms with E-state index in [9.17, 15) is 24.0 Å². The number of imide groups is 1. The standard InChI is InChI=1S/C45H53ClN10O7/c1-25(2)56-35-5-4-30(17-27(35)18-37(43(56)60)62-24-39(58)47-3)50-41-34(46)22-49-45(52-41)54-14-10-32(11-15-54)63-33-19-31(20-33)53-12-8-26(9-13-53)28-16-29-23-55(44(61)40(29)48-21-28)36-6-7-38(57)51-42(36)59/h4-5,16-18,21-22,25-26,31-33,36H,6-15,19-20,23-24H2,1-3H3,(H,47,58)(H,49,50,52)(H,51,57,59)/t31?,33?,36-/m1/s1. The highest BCUT2D eigenvalue weighted by Crippen LogP contribution is 2.38. The Kier molecular flexibility index (Phi) is 12.1. The molecule has 1 atom stereocenters. The Hall–Kier alpha value is -5.65. The molecule has 17 nitrogen and oxygen atoms in total. The van der Waals surface area contributed by atoms with Crippen LogP contribution in [-0.2, 0) is 25.7 Å². The molecule has 0 radical (unpaired) electrons. The summed E-state index contributed by atoms with van der Waals surface area (Å²) in [7, 11) is 1.51. The van der Waals surface area contributed by atoms with Gasteiger partial charge < -0.3 is 39.4 Å². The molecule has 4 aromatic rings. The molecule has 1 saturated carbocycles. The van der Waals surface area contributed by atoms with Crippen LogP contribution in [-0.4, -0.2) is 117 Å². The summed E-state index contributed by atoms with van der Waals surface area (Å²) in [5, 5.41) is 9.33. The molecule has 4 aliphatic heterocycles. The number of carbonyl (C=O) groups excluding carboxylic acids is 4. The van der Waals surface area contributed by atoms with Gasteiger partial charge in [0.25, 0.3) is 17.4 Å². The Labute approximate surface area is 369 Å². The Bertz CT molecular complexity index is 2490. The number of hydrogen-bond donors (Lipinski definition) is 3. The second-order valence-corrected chi connectivity index (χ2v) is 18.0. The minimum Gasteiger partial charge on any atom is -0.478 e. The van der Waals surface area contributed by atoms with Crippen molar-refractivity contribution in [1.29, 1.82) is 0 Å². The highest BCUT2D eigenvalue weighted by atomic mass is 35.5. The smallest absolute Gasteiger partial charge is 0.293 e. The number of nitrogens with one attached hydrogen (secondary N) is 3. The number of aromatic nitrogens is 4. The first-order valence-electron chi connectivity index (χ1n) is 22.0. The highest BCUT2D eigenvalue weighted by molar-refractivity contribution is 6.33. The molecule has 18 heteroatoms. The van der Waals surface area contributed by atoms with E-state index in [0.717, 1.165) is 86.7 Å². The van der Waals surface area contributed by atoms with Crippen molar-refractivity contribution in [2.45, 2.75) is 108 Å². The van der Waals surface area contributed by atoms with Crippen LogP contribution in [0.5, 0.6) is 5.75 Å². The summed E-state index contributed by atoms with van der Waals surface area (Å²) >= 11 is 6.60. The second-order valence-electron chi connectivity index (χ2n) is 17.6. The van der Waals surface area contributed by atoms with Crippen LogP contribution in [0.15, 0.2) is 47.5 Å². The summed E-state index contributed by atoms with van der Waals surface area (Å²) in [6.45, 7) is 7.47. The number of halogens is 1. The Morgan fingerprint density at radius 2 is 1.73 bits per heavy atom. The van der Waals surface area contributed by atoms with Crippen molar-refractivity contribution < 1.29 is 28.7 Å². The van der Waals surface area contributed by atoms with Gasteiger partial charge in [-0.25, -0.2) is 4.98 Å². The molecule has 5 aliphatic rings. The third kappa shape index (κ3) is 8.82. The van der Waals surface area contributed by atoms with Crippen molar-refractivity contribution in [1.82, 2.24) is 40.0 Å². The summed E-state index contributed by atoms with van der Waals surface area (Å²) in [6.07, 6.45) is 10.3. The predicted molar refractivity (Wildman–Crippen MR) is 235 cm³/mol. The van der Waals surface area contributed by atoms with Crippen molar-refractivity contribution in [3.05, 3.63) is 74.9 Å². The van der Waals surface area contributed by atoms with Crippen LogP contribution in [0.1, 0.15) is 98.8 Å². The molecule has 0 spiro atoms. The van der Waals surface area contributed by atoms with Crippen LogP contribution in [0.3, 0.4) is 0 Å². The lowest BCUT2D eigenvalue weighted by atomic mass is 9.83. The Morgan fingerprint density at radius 3 is 2.46 bits per heavy atom. The quantitative estimate of drug-likeness (QED) is 0.169. The number of rotatable bonds is 12. The van der Waals surface area contributed by atoms with Gasteiger partial charge in [0.05, 0.1) is 23.9 Å². The lowest BCUT2D eigenvalue weighted by Crippen LogP contribution is -2.52. The van der Waals surface area contributed by atoms with Gasteiger partial charge in [0.2, 0.25) is 17.8 Å². The minimum atomic E-state index is -0.637. The van der Waals surface area contributed by atoms with Crippen molar-refractivity contribution in [3.63, 3.8) is 0 Å². The summed E-state index contributed by atoms with van der Waals surface area (Å²) in [5.41, 5.74) is 3.57. The van der Waals surface area contributed by atoms with Crippen LogP contribution in [0.25, 0.3) is 10.9 Å². The molecule has 0 bridgehead atoms. The topological polar surface area (TPSA) is 193 Å². The van der Waals surface area contributed by atoms with Crippen molar-refractivity contribution in [2.24, 2.45) is 0 Å². The zero-order chi connectivity index (χ0) is 43.9. The van der Waals surface area contributed by atoms with E-state index in [1.807, 2.05) is 38.2 Å². The summed E-state index contributed by atoms with van der Waals surface area (Å²) < 4.78 is 13.9. The number of hydrogen-bond acceptors (Lipinski definition) is 13. The number of amides is 4. The highest BCUT2D eigenvalue weighted by Gasteiger charge is 2.41. The van der Waals surface area contributed by atoms with Gasteiger partial charge in [-0.2, -0.15) is 4.98 Å². The van der Waals surface area contributed by atoms with E-state index in [-0.39, 0.29) is 60.3 Å². The average molecular weight is 881 g/mol. The zero-order valence-corrected chi connectivity index (χ0v) is 36.5. The van der Waals surface area contributed by atoms with Gasteiger partial charge >= 0.3 is 0 Å². The SMILES string of the molecule is CNC(=O)COc1cc2cc(Nc3nc(N4CCC(OC5CC(N6CCC(c7cnc8c(c7)CN([C@@H]7CCC(=O)NC7=O)C8=O)CC6)C5)CC4)ncc3Cl)ccc2n(C(C)C)c1=O. The third-order valence-corrected chi connectivity index (χ3v) is 13.5. The molecule has 7 heterocycles. The van der Waals surface area contributed by atoms with Gasteiger partial charge in [-0.05, 0) is 114 Å². The first kappa shape index (κ1) is 42.6. The Morgan fingerprint density at radius 1 is 0.952 bits per heavy atom. The first-order valence-corrected chi connectivity index (χ1v) is 22.4. The van der Waals surface area contributed by atoms with E-state index in [1.165, 1.54) is 7.05 Å². The van der Waals surface area contributed by atoms with Crippen LogP contribution < -0.4 is 31.1 Å². The molecule has 1 aliphatic carbocycles. The number of pyridine rings is 2. The number of piperidine rings is 3. The maximum Gasteiger partial charge on any atom is 0.293 e. The molecule has 3 saturated heterocycles. The predicted octanol–water partition coefficient (Wildman–Crippen LogP) is 4.45. The number of nitrogens with zero attached hydrogens (tertiary/aromatic N) is 7. The van der Waals surface area contributed by atoms with E-state index in [4.69, 9.17) is 26.1 Å². The molecule has 332 valence electrons. The van der Waals surface area contributed by atoms with Gasteiger partial charge in [-0.1, -0.05) is 11.6 Å². The number of fused-ring (bicyclic) bond motifs is 2. The number of carbonyl (C=O) groups is 4. The molecule has 4 fully saturated rings. The maximum absolute atomic E-state index is 13.2. The van der Waals surface area contributed by atoms with Crippen LogP contribution >= 0.6 is 11.6 Å². The molecule has 63 heavy (non-hydrogen) atoms. The van der Waals surface area contributed by atoms with E-state index in [2.05, 4.69) is 41.8 Å². The molecule has 3 N–H and O–H groups in total. The van der Waals surface area contributed by atoms with Crippen LogP contribution in [0, 0.1) is 0 Å². The normalized spacial score (nSPS) is 22.3.